The van der Waals surface area contributed by atoms with Crippen molar-refractivity contribution in [2.75, 3.05) is 13.2 Å². The fourth-order valence-electron chi connectivity index (χ4n) is 1.69. The van der Waals surface area contributed by atoms with E-state index in [1.54, 1.807) is 0 Å². The highest BCUT2D eigenvalue weighted by molar-refractivity contribution is 5.12. The smallest absolute Gasteiger partial charge is 0.122 e. The first kappa shape index (κ1) is 10.2. The number of hydrogen-bond acceptors (Lipinski definition) is 3. The molecule has 80 valence electrons. The van der Waals surface area contributed by atoms with Crippen LogP contribution in [0, 0.1) is 11.3 Å². The van der Waals surface area contributed by atoms with Crippen LogP contribution in [-0.4, -0.2) is 23.0 Å². The van der Waals surface area contributed by atoms with E-state index >= 15 is 0 Å². The van der Waals surface area contributed by atoms with E-state index in [1.165, 1.54) is 5.56 Å². The fraction of sp³-hybridized carbons (Fsp3) is 0.636. The van der Waals surface area contributed by atoms with E-state index in [2.05, 4.69) is 25.0 Å². The van der Waals surface area contributed by atoms with Crippen molar-refractivity contribution in [3.63, 3.8) is 0 Å². The number of ether oxygens (including phenoxy) is 1. The summed E-state index contributed by atoms with van der Waals surface area (Å²) in [5, 5.41) is 13.1. The lowest BCUT2D eigenvalue weighted by atomic mass is 9.94. The van der Waals surface area contributed by atoms with Crippen molar-refractivity contribution in [1.82, 2.24) is 9.78 Å². The standard InChI is InChI=1S/C11H15N3O/c1-9(2)10-5-13-14(6-10)11(3-4-12)7-15-8-11/h5-6,9H,3,7-8H2,1-2H3. The van der Waals surface area contributed by atoms with E-state index in [-0.39, 0.29) is 5.54 Å². The van der Waals surface area contributed by atoms with Crippen LogP contribution in [0.5, 0.6) is 0 Å². The van der Waals surface area contributed by atoms with Crippen LogP contribution in [0.25, 0.3) is 0 Å². The summed E-state index contributed by atoms with van der Waals surface area (Å²) in [5.41, 5.74) is 1.00. The second-order valence-corrected chi connectivity index (χ2v) is 4.42. The van der Waals surface area contributed by atoms with Gasteiger partial charge in [0.15, 0.2) is 0 Å². The molecule has 1 saturated heterocycles. The van der Waals surface area contributed by atoms with Gasteiger partial charge in [-0.1, -0.05) is 13.8 Å². The van der Waals surface area contributed by atoms with E-state index in [9.17, 15) is 0 Å². The summed E-state index contributed by atoms with van der Waals surface area (Å²) < 4.78 is 7.10. The molecule has 1 aliphatic rings. The Morgan fingerprint density at radius 3 is 2.80 bits per heavy atom. The first-order valence-corrected chi connectivity index (χ1v) is 5.18. The molecule has 1 aromatic rings. The average Bonchev–Trinajstić information content (AvgIpc) is 2.60. The van der Waals surface area contributed by atoms with Crippen molar-refractivity contribution < 1.29 is 4.74 Å². The monoisotopic (exact) mass is 205 g/mol. The SMILES string of the molecule is CC(C)c1cnn(C2(CC#N)COC2)c1. The van der Waals surface area contributed by atoms with Crippen molar-refractivity contribution in [3.8, 4) is 6.07 Å². The third kappa shape index (κ3) is 1.64. The van der Waals surface area contributed by atoms with E-state index in [1.807, 2.05) is 17.1 Å². The predicted molar refractivity (Wildman–Crippen MR) is 55.3 cm³/mol. The first-order valence-electron chi connectivity index (χ1n) is 5.18. The van der Waals surface area contributed by atoms with Crippen LogP contribution in [0.4, 0.5) is 0 Å². The normalized spacial score (nSPS) is 18.5. The zero-order valence-electron chi connectivity index (χ0n) is 9.10. The maximum atomic E-state index is 8.80. The fourth-order valence-corrected chi connectivity index (χ4v) is 1.69. The van der Waals surface area contributed by atoms with Gasteiger partial charge in [-0.15, -0.1) is 0 Å². The van der Waals surface area contributed by atoms with Crippen molar-refractivity contribution in [3.05, 3.63) is 18.0 Å². The Kier molecular flexibility index (Phi) is 2.49. The first-order chi connectivity index (χ1) is 7.18. The van der Waals surface area contributed by atoms with Crippen LogP contribution >= 0.6 is 0 Å². The van der Waals surface area contributed by atoms with Gasteiger partial charge in [0.1, 0.15) is 5.54 Å². The summed E-state index contributed by atoms with van der Waals surface area (Å²) in [6.07, 6.45) is 4.37. The third-order valence-electron chi connectivity index (χ3n) is 2.90. The molecule has 1 aliphatic heterocycles. The van der Waals surface area contributed by atoms with Gasteiger partial charge in [-0.05, 0) is 11.5 Å². The van der Waals surface area contributed by atoms with Gasteiger partial charge >= 0.3 is 0 Å². The molecule has 0 radical (unpaired) electrons. The number of rotatable bonds is 3. The predicted octanol–water partition coefficient (Wildman–Crippen LogP) is 1.65. The van der Waals surface area contributed by atoms with E-state index in [4.69, 9.17) is 10.00 Å². The Morgan fingerprint density at radius 1 is 1.67 bits per heavy atom. The van der Waals surface area contributed by atoms with Crippen LogP contribution in [-0.2, 0) is 10.3 Å². The van der Waals surface area contributed by atoms with Crippen molar-refractivity contribution in [2.24, 2.45) is 0 Å². The van der Waals surface area contributed by atoms with Gasteiger partial charge in [0.2, 0.25) is 0 Å². The lowest BCUT2D eigenvalue weighted by Crippen LogP contribution is -2.51. The summed E-state index contributed by atoms with van der Waals surface area (Å²) in [5.74, 6) is 0.471. The molecule has 0 saturated carbocycles. The molecule has 4 nitrogen and oxygen atoms in total. The highest BCUT2D eigenvalue weighted by atomic mass is 16.5. The number of nitriles is 1. The summed E-state index contributed by atoms with van der Waals surface area (Å²) in [6.45, 7) is 5.46. The number of nitrogens with zero attached hydrogens (tertiary/aromatic N) is 3. The van der Waals surface area contributed by atoms with Crippen molar-refractivity contribution >= 4 is 0 Å². The molecule has 0 unspecified atom stereocenters. The maximum Gasteiger partial charge on any atom is 0.122 e. The minimum atomic E-state index is -0.206. The average molecular weight is 205 g/mol. The van der Waals surface area contributed by atoms with E-state index in [0.717, 1.165) is 0 Å². The molecule has 2 heterocycles. The molecular formula is C11H15N3O. The Hall–Kier alpha value is -1.34. The molecule has 2 rings (SSSR count). The van der Waals surface area contributed by atoms with Gasteiger partial charge < -0.3 is 4.74 Å². The molecule has 15 heavy (non-hydrogen) atoms. The topological polar surface area (TPSA) is 50.8 Å². The van der Waals surface area contributed by atoms with Gasteiger partial charge in [0.05, 0.1) is 31.9 Å². The van der Waals surface area contributed by atoms with Crippen molar-refractivity contribution in [1.29, 1.82) is 5.26 Å². The summed E-state index contributed by atoms with van der Waals surface area (Å²) in [6, 6.07) is 2.21. The highest BCUT2D eigenvalue weighted by Gasteiger charge is 2.41. The van der Waals surface area contributed by atoms with Crippen molar-refractivity contribution in [2.45, 2.75) is 31.7 Å². The van der Waals surface area contributed by atoms with Gasteiger partial charge in [-0.25, -0.2) is 0 Å². The van der Waals surface area contributed by atoms with Gasteiger partial charge in [0.25, 0.3) is 0 Å². The quantitative estimate of drug-likeness (QED) is 0.753. The second kappa shape index (κ2) is 3.67. The molecule has 0 atom stereocenters. The Balaban J connectivity index is 2.24. The molecule has 0 spiro atoms. The molecule has 4 heteroatoms. The lowest BCUT2D eigenvalue weighted by Gasteiger charge is -2.39. The summed E-state index contributed by atoms with van der Waals surface area (Å²) in [7, 11) is 0. The van der Waals surface area contributed by atoms with Gasteiger partial charge in [-0.2, -0.15) is 10.4 Å². The Morgan fingerprint density at radius 2 is 2.40 bits per heavy atom. The van der Waals surface area contributed by atoms with Crippen LogP contribution in [0.15, 0.2) is 12.4 Å². The molecule has 0 amide bonds. The number of aromatic nitrogens is 2. The van der Waals surface area contributed by atoms with Crippen LogP contribution in [0.1, 0.15) is 31.7 Å². The number of hydrogen-bond donors (Lipinski definition) is 0. The summed E-state index contributed by atoms with van der Waals surface area (Å²) >= 11 is 0. The van der Waals surface area contributed by atoms with Crippen LogP contribution < -0.4 is 0 Å². The molecular weight excluding hydrogens is 190 g/mol. The molecule has 0 N–H and O–H groups in total. The second-order valence-electron chi connectivity index (χ2n) is 4.42. The minimum absolute atomic E-state index is 0.206. The zero-order chi connectivity index (χ0) is 10.9. The molecule has 1 aromatic heterocycles. The molecule has 0 aliphatic carbocycles. The molecule has 1 fully saturated rings. The van der Waals surface area contributed by atoms with Gasteiger partial charge in [0, 0.05) is 6.20 Å². The Bertz CT molecular complexity index is 385. The van der Waals surface area contributed by atoms with Gasteiger partial charge in [-0.3, -0.25) is 4.68 Å². The minimum Gasteiger partial charge on any atom is -0.376 e. The zero-order valence-corrected chi connectivity index (χ0v) is 9.10. The summed E-state index contributed by atoms with van der Waals surface area (Å²) in [4.78, 5) is 0. The molecule has 0 bridgehead atoms. The highest BCUT2D eigenvalue weighted by Crippen LogP contribution is 2.30. The van der Waals surface area contributed by atoms with Crippen LogP contribution in [0.3, 0.4) is 0 Å². The maximum absolute atomic E-state index is 8.80. The largest absolute Gasteiger partial charge is 0.376 e. The van der Waals surface area contributed by atoms with E-state index < -0.39 is 0 Å². The molecule has 0 aromatic carbocycles. The van der Waals surface area contributed by atoms with Crippen LogP contribution in [0.2, 0.25) is 0 Å². The Labute approximate surface area is 89.5 Å². The lowest BCUT2D eigenvalue weighted by molar-refractivity contribution is -0.104. The van der Waals surface area contributed by atoms with E-state index in [0.29, 0.717) is 25.6 Å². The third-order valence-corrected chi connectivity index (χ3v) is 2.90.